The summed E-state index contributed by atoms with van der Waals surface area (Å²) in [4.78, 5) is 28.0. The lowest BCUT2D eigenvalue weighted by Crippen LogP contribution is -2.28. The van der Waals surface area contributed by atoms with E-state index in [0.717, 1.165) is 19.8 Å². The lowest BCUT2D eigenvalue weighted by Gasteiger charge is -2.14. The monoisotopic (exact) mass is 284 g/mol. The molecule has 8 nitrogen and oxygen atoms in total. The van der Waals surface area contributed by atoms with Crippen LogP contribution in [0.15, 0.2) is 11.1 Å². The maximum atomic E-state index is 11.6. The first-order valence-electron chi connectivity index (χ1n) is 6.40. The number of carboxylic acid groups (broad SMARTS) is 1. The Bertz CT molecular complexity index is 512. The van der Waals surface area contributed by atoms with E-state index < -0.39 is 11.7 Å². The van der Waals surface area contributed by atoms with Crippen molar-refractivity contribution < 1.29 is 14.6 Å². The zero-order valence-corrected chi connectivity index (χ0v) is 11.8. The Hall–Kier alpha value is -1.96. The average molecular weight is 284 g/mol. The van der Waals surface area contributed by atoms with E-state index in [-0.39, 0.29) is 18.3 Å². The van der Waals surface area contributed by atoms with Gasteiger partial charge in [-0.05, 0) is 18.8 Å². The van der Waals surface area contributed by atoms with Crippen LogP contribution in [0.3, 0.4) is 0 Å². The normalized spacial score (nSPS) is 24.9. The maximum Gasteiger partial charge on any atom is 0.354 e. The number of nitrogen functional groups attached to an aromatic ring is 1. The van der Waals surface area contributed by atoms with Gasteiger partial charge in [0.05, 0.1) is 6.10 Å². The average Bonchev–Trinajstić information content (AvgIpc) is 2.69. The van der Waals surface area contributed by atoms with Crippen LogP contribution in [0.1, 0.15) is 39.8 Å². The van der Waals surface area contributed by atoms with Crippen LogP contribution in [0, 0.1) is 5.92 Å². The summed E-state index contributed by atoms with van der Waals surface area (Å²) in [6.07, 6.45) is 3.11. The van der Waals surface area contributed by atoms with Gasteiger partial charge in [-0.15, -0.1) is 0 Å². The Morgan fingerprint density at radius 2 is 2.25 bits per heavy atom. The topological polar surface area (TPSA) is 120 Å². The fraction of sp³-hybridized carbons (Fsp3) is 0.667. The quantitative estimate of drug-likeness (QED) is 0.817. The Kier molecular flexibility index (Phi) is 5.63. The van der Waals surface area contributed by atoms with Crippen molar-refractivity contribution in [1.82, 2.24) is 14.5 Å². The van der Waals surface area contributed by atoms with Gasteiger partial charge in [-0.3, -0.25) is 9.36 Å². The van der Waals surface area contributed by atoms with E-state index in [0.29, 0.717) is 5.92 Å². The van der Waals surface area contributed by atoms with Gasteiger partial charge in [-0.2, -0.15) is 4.98 Å². The van der Waals surface area contributed by atoms with Gasteiger partial charge in [0.15, 0.2) is 0 Å². The van der Waals surface area contributed by atoms with Crippen molar-refractivity contribution >= 4 is 11.9 Å². The second-order valence-corrected chi connectivity index (χ2v) is 4.67. The number of hydrogen-bond donors (Lipinski definition) is 2. The molecule has 2 rings (SSSR count). The molecule has 0 radical (unpaired) electrons. The maximum absolute atomic E-state index is 11.6. The van der Waals surface area contributed by atoms with Crippen LogP contribution in [0.5, 0.6) is 0 Å². The van der Waals surface area contributed by atoms with Gasteiger partial charge in [0.25, 0.3) is 5.97 Å². The molecule has 8 heteroatoms. The van der Waals surface area contributed by atoms with E-state index in [4.69, 9.17) is 20.4 Å². The molecule has 0 amide bonds. The van der Waals surface area contributed by atoms with E-state index in [1.807, 2.05) is 0 Å². The molecule has 1 aromatic heterocycles. The molecule has 1 fully saturated rings. The molecule has 1 saturated heterocycles. The highest BCUT2D eigenvalue weighted by atomic mass is 16.5. The summed E-state index contributed by atoms with van der Waals surface area (Å²) in [7, 11) is 0. The molecule has 3 unspecified atom stereocenters. The molecular weight excluding hydrogens is 264 g/mol. The first-order chi connectivity index (χ1) is 9.35. The summed E-state index contributed by atoms with van der Waals surface area (Å²) in [6.45, 7) is 5.28. The molecule has 3 atom stereocenters. The molecule has 0 aliphatic carbocycles. The fourth-order valence-corrected chi connectivity index (χ4v) is 2.09. The molecule has 0 bridgehead atoms. The number of carboxylic acids is 1. The molecule has 3 N–H and O–H groups in total. The van der Waals surface area contributed by atoms with E-state index in [2.05, 4.69) is 23.8 Å². The van der Waals surface area contributed by atoms with E-state index >= 15 is 0 Å². The Balaban J connectivity index is 0.000000444. The molecule has 1 aliphatic rings. The minimum atomic E-state index is -0.833. The molecule has 112 valence electrons. The van der Waals surface area contributed by atoms with Gasteiger partial charge in [-0.1, -0.05) is 13.8 Å². The van der Waals surface area contributed by atoms with Gasteiger partial charge in [0.2, 0.25) is 5.95 Å². The van der Waals surface area contributed by atoms with Crippen LogP contribution < -0.4 is 11.4 Å². The minimum absolute atomic E-state index is 0.000614. The van der Waals surface area contributed by atoms with Crippen molar-refractivity contribution in [3.05, 3.63) is 16.8 Å². The first-order valence-corrected chi connectivity index (χ1v) is 6.40. The molecule has 20 heavy (non-hydrogen) atoms. The van der Waals surface area contributed by atoms with Crippen LogP contribution in [0.4, 0.5) is 5.95 Å². The zero-order chi connectivity index (χ0) is 15.3. The van der Waals surface area contributed by atoms with Crippen molar-refractivity contribution in [3.8, 4) is 0 Å². The van der Waals surface area contributed by atoms with Gasteiger partial charge in [0, 0.05) is 6.92 Å². The fourth-order valence-electron chi connectivity index (χ4n) is 2.09. The van der Waals surface area contributed by atoms with Gasteiger partial charge >= 0.3 is 5.69 Å². The highest BCUT2D eigenvalue weighted by molar-refractivity contribution is 5.62. The number of ether oxygens (including phenoxy) is 1. The Labute approximate surface area is 116 Å². The highest BCUT2D eigenvalue weighted by Gasteiger charge is 2.32. The van der Waals surface area contributed by atoms with Gasteiger partial charge < -0.3 is 15.6 Å². The number of aromatic nitrogens is 3. The van der Waals surface area contributed by atoms with Crippen molar-refractivity contribution in [3.63, 3.8) is 0 Å². The van der Waals surface area contributed by atoms with Crippen molar-refractivity contribution in [2.45, 2.75) is 45.9 Å². The third-order valence-corrected chi connectivity index (χ3v) is 3.00. The molecule has 0 saturated carbocycles. The van der Waals surface area contributed by atoms with Crippen molar-refractivity contribution in [2.24, 2.45) is 5.92 Å². The number of rotatable bonds is 2. The standard InChI is InChI=1S/C10H16N4O2.C2H4O2/c1-3-7-6(2)4-8(16-7)14-5-12-9(11)13-10(14)15;1-2(3)4/h5-8H,3-4H2,1-2H3,(H2,11,13,15);1H3,(H,3,4). The van der Waals surface area contributed by atoms with Crippen molar-refractivity contribution in [1.29, 1.82) is 0 Å². The summed E-state index contributed by atoms with van der Waals surface area (Å²) in [5.41, 5.74) is 4.93. The summed E-state index contributed by atoms with van der Waals surface area (Å²) in [6, 6.07) is 0. The summed E-state index contributed by atoms with van der Waals surface area (Å²) in [5, 5.41) is 7.42. The lowest BCUT2D eigenvalue weighted by atomic mass is 10.0. The number of nitrogens with zero attached hydrogens (tertiary/aromatic N) is 3. The molecule has 2 heterocycles. The van der Waals surface area contributed by atoms with Crippen LogP contribution in [-0.4, -0.2) is 31.7 Å². The van der Waals surface area contributed by atoms with Crippen LogP contribution in [0.25, 0.3) is 0 Å². The molecule has 1 aliphatic heterocycles. The molecular formula is C12H20N4O4. The molecule has 1 aromatic rings. The molecule has 0 spiro atoms. The third kappa shape index (κ3) is 4.30. The number of aliphatic carboxylic acids is 1. The smallest absolute Gasteiger partial charge is 0.354 e. The van der Waals surface area contributed by atoms with Crippen LogP contribution >= 0.6 is 0 Å². The second-order valence-electron chi connectivity index (χ2n) is 4.67. The zero-order valence-electron chi connectivity index (χ0n) is 11.8. The molecule has 0 aromatic carbocycles. The van der Waals surface area contributed by atoms with Gasteiger partial charge in [-0.25, -0.2) is 9.78 Å². The first kappa shape index (κ1) is 16.1. The number of anilines is 1. The summed E-state index contributed by atoms with van der Waals surface area (Å²) < 4.78 is 7.18. The highest BCUT2D eigenvalue weighted by Crippen LogP contribution is 2.33. The Morgan fingerprint density at radius 3 is 2.70 bits per heavy atom. The van der Waals surface area contributed by atoms with Crippen LogP contribution in [-0.2, 0) is 9.53 Å². The minimum Gasteiger partial charge on any atom is -0.481 e. The predicted molar refractivity (Wildman–Crippen MR) is 72.0 cm³/mol. The van der Waals surface area contributed by atoms with Crippen LogP contribution in [0.2, 0.25) is 0 Å². The van der Waals surface area contributed by atoms with Crippen molar-refractivity contribution in [2.75, 3.05) is 5.73 Å². The lowest BCUT2D eigenvalue weighted by molar-refractivity contribution is -0.134. The largest absolute Gasteiger partial charge is 0.481 e. The number of carbonyl (C=O) groups is 1. The van der Waals surface area contributed by atoms with E-state index in [1.54, 1.807) is 0 Å². The second kappa shape index (κ2) is 6.99. The summed E-state index contributed by atoms with van der Waals surface area (Å²) in [5.74, 6) is -0.390. The SMILES string of the molecule is CC(=O)O.CCC1OC(n2cnc(N)nc2=O)CC1C. The van der Waals surface area contributed by atoms with Gasteiger partial charge in [0.1, 0.15) is 12.6 Å². The summed E-state index contributed by atoms with van der Waals surface area (Å²) >= 11 is 0. The third-order valence-electron chi connectivity index (χ3n) is 3.00. The predicted octanol–water partition coefficient (Wildman–Crippen LogP) is 0.645. The number of nitrogens with two attached hydrogens (primary N) is 1. The van der Waals surface area contributed by atoms with E-state index in [9.17, 15) is 4.79 Å². The Morgan fingerprint density at radius 1 is 1.65 bits per heavy atom. The van der Waals surface area contributed by atoms with E-state index in [1.165, 1.54) is 10.9 Å². The number of hydrogen-bond acceptors (Lipinski definition) is 6.